The van der Waals surface area contributed by atoms with Gasteiger partial charge in [-0.1, -0.05) is 30.3 Å². The van der Waals surface area contributed by atoms with Crippen molar-refractivity contribution in [1.82, 2.24) is 20.4 Å². The number of aromatic nitrogens is 2. The molecule has 0 atom stereocenters. The summed E-state index contributed by atoms with van der Waals surface area (Å²) in [7, 11) is 4.97. The van der Waals surface area contributed by atoms with Crippen molar-refractivity contribution in [2.45, 2.75) is 6.54 Å². The Morgan fingerprint density at radius 1 is 1.14 bits per heavy atom. The fourth-order valence-corrected chi connectivity index (χ4v) is 2.75. The maximum absolute atomic E-state index is 12.3. The van der Waals surface area contributed by atoms with Crippen molar-refractivity contribution in [2.24, 2.45) is 0 Å². The summed E-state index contributed by atoms with van der Waals surface area (Å²) in [6.45, 7) is 0.392. The van der Waals surface area contributed by atoms with Crippen LogP contribution in [0.2, 0.25) is 0 Å². The van der Waals surface area contributed by atoms with Gasteiger partial charge in [0.2, 0.25) is 0 Å². The van der Waals surface area contributed by atoms with Gasteiger partial charge in [-0.3, -0.25) is 14.7 Å². The van der Waals surface area contributed by atoms with E-state index in [1.807, 2.05) is 24.3 Å². The quantitative estimate of drug-likeness (QED) is 0.690. The van der Waals surface area contributed by atoms with Crippen molar-refractivity contribution >= 4 is 11.8 Å². The molecule has 3 rings (SSSR count). The van der Waals surface area contributed by atoms with Gasteiger partial charge in [-0.15, -0.1) is 0 Å². The van der Waals surface area contributed by atoms with E-state index in [-0.39, 0.29) is 11.8 Å². The Morgan fingerprint density at radius 2 is 1.89 bits per heavy atom. The van der Waals surface area contributed by atoms with E-state index >= 15 is 0 Å². The summed E-state index contributed by atoms with van der Waals surface area (Å²) < 4.78 is 5.14. The molecule has 0 fully saturated rings. The predicted octanol–water partition coefficient (Wildman–Crippen LogP) is 2.72. The fourth-order valence-electron chi connectivity index (χ4n) is 2.75. The Morgan fingerprint density at radius 3 is 2.57 bits per heavy atom. The Bertz CT molecular complexity index is 977. The molecule has 0 aliphatic rings. The van der Waals surface area contributed by atoms with Gasteiger partial charge in [-0.2, -0.15) is 5.10 Å². The van der Waals surface area contributed by atoms with Crippen LogP contribution >= 0.6 is 0 Å². The first-order valence-corrected chi connectivity index (χ1v) is 8.76. The van der Waals surface area contributed by atoms with Crippen LogP contribution in [0.1, 0.15) is 26.3 Å². The Labute approximate surface area is 163 Å². The summed E-state index contributed by atoms with van der Waals surface area (Å²) in [6.07, 6.45) is 1.53. The van der Waals surface area contributed by atoms with Crippen LogP contribution in [0.15, 0.2) is 54.7 Å². The van der Waals surface area contributed by atoms with E-state index in [0.717, 1.165) is 11.1 Å². The normalized spacial score (nSPS) is 10.4. The molecule has 2 amide bonds. The van der Waals surface area contributed by atoms with Crippen molar-refractivity contribution in [1.29, 1.82) is 0 Å². The predicted molar refractivity (Wildman–Crippen MR) is 106 cm³/mol. The Hall–Kier alpha value is -3.61. The summed E-state index contributed by atoms with van der Waals surface area (Å²) in [6, 6.07) is 14.6. The topological polar surface area (TPSA) is 87.3 Å². The van der Waals surface area contributed by atoms with Gasteiger partial charge in [-0.25, -0.2) is 0 Å². The average Bonchev–Trinajstić information content (AvgIpc) is 3.21. The highest BCUT2D eigenvalue weighted by Gasteiger charge is 2.16. The van der Waals surface area contributed by atoms with Crippen molar-refractivity contribution in [3.05, 3.63) is 71.4 Å². The van der Waals surface area contributed by atoms with E-state index in [0.29, 0.717) is 29.1 Å². The van der Waals surface area contributed by atoms with Crippen molar-refractivity contribution < 1.29 is 14.3 Å². The van der Waals surface area contributed by atoms with E-state index < -0.39 is 0 Å². The minimum absolute atomic E-state index is 0.113. The number of nitrogens with one attached hydrogen (secondary N) is 2. The number of H-pyrrole nitrogens is 1. The zero-order valence-electron chi connectivity index (χ0n) is 16.0. The Kier molecular flexibility index (Phi) is 5.74. The third kappa shape index (κ3) is 4.20. The van der Waals surface area contributed by atoms with Crippen LogP contribution in [0.4, 0.5) is 0 Å². The van der Waals surface area contributed by atoms with E-state index in [1.54, 1.807) is 45.5 Å². The second-order valence-corrected chi connectivity index (χ2v) is 6.47. The van der Waals surface area contributed by atoms with Crippen LogP contribution in [0.3, 0.4) is 0 Å². The lowest BCUT2D eigenvalue weighted by Crippen LogP contribution is -2.22. The lowest BCUT2D eigenvalue weighted by molar-refractivity contribution is 0.0828. The lowest BCUT2D eigenvalue weighted by Gasteiger charge is -2.11. The van der Waals surface area contributed by atoms with Gasteiger partial charge in [0.05, 0.1) is 24.6 Å². The lowest BCUT2D eigenvalue weighted by atomic mass is 10.1. The maximum atomic E-state index is 12.3. The SMILES string of the molecule is COc1cccc(C(=O)NCc2ccc(-c3[nH]ncc3C(=O)N(C)C)cc2)c1. The molecule has 0 bridgehead atoms. The summed E-state index contributed by atoms with van der Waals surface area (Å²) in [5.41, 5.74) is 3.53. The van der Waals surface area contributed by atoms with Gasteiger partial charge < -0.3 is 15.0 Å². The highest BCUT2D eigenvalue weighted by atomic mass is 16.5. The number of benzene rings is 2. The van der Waals surface area contributed by atoms with Crippen LogP contribution in [0, 0.1) is 0 Å². The standard InChI is InChI=1S/C21H22N4O3/c1-25(2)21(27)18-13-23-24-19(18)15-9-7-14(8-10-15)12-22-20(26)16-5-4-6-17(11-16)28-3/h4-11,13H,12H2,1-3H3,(H,22,26)(H,23,24). The number of nitrogens with zero attached hydrogens (tertiary/aromatic N) is 2. The second kappa shape index (κ2) is 8.39. The number of amides is 2. The smallest absolute Gasteiger partial charge is 0.257 e. The number of ether oxygens (including phenoxy) is 1. The number of carbonyl (C=O) groups is 2. The second-order valence-electron chi connectivity index (χ2n) is 6.47. The van der Waals surface area contributed by atoms with Gasteiger partial charge in [0, 0.05) is 31.8 Å². The van der Waals surface area contributed by atoms with Crippen LogP contribution in [-0.2, 0) is 6.54 Å². The van der Waals surface area contributed by atoms with Crippen LogP contribution in [-0.4, -0.2) is 48.1 Å². The fraction of sp³-hybridized carbons (Fsp3) is 0.190. The molecule has 0 saturated heterocycles. The zero-order valence-corrected chi connectivity index (χ0v) is 16.0. The number of carbonyl (C=O) groups excluding carboxylic acids is 2. The van der Waals surface area contributed by atoms with Gasteiger partial charge in [0.1, 0.15) is 5.75 Å². The monoisotopic (exact) mass is 378 g/mol. The highest BCUT2D eigenvalue weighted by Crippen LogP contribution is 2.22. The number of aromatic amines is 1. The molecule has 0 radical (unpaired) electrons. The minimum atomic E-state index is -0.171. The summed E-state index contributed by atoms with van der Waals surface area (Å²) in [5, 5.41) is 9.76. The number of methoxy groups -OCH3 is 1. The third-order valence-electron chi connectivity index (χ3n) is 4.30. The Balaban J connectivity index is 1.68. The molecule has 7 heteroatoms. The molecule has 0 aliphatic carbocycles. The maximum Gasteiger partial charge on any atom is 0.257 e. The summed E-state index contributed by atoms with van der Waals surface area (Å²) >= 11 is 0. The van der Waals surface area contributed by atoms with Crippen LogP contribution < -0.4 is 10.1 Å². The average molecular weight is 378 g/mol. The molecule has 0 saturated carbocycles. The molecule has 1 heterocycles. The van der Waals surface area contributed by atoms with E-state index in [1.165, 1.54) is 11.1 Å². The molecule has 144 valence electrons. The van der Waals surface area contributed by atoms with Crippen molar-refractivity contribution in [2.75, 3.05) is 21.2 Å². The molecule has 0 unspecified atom stereocenters. The highest BCUT2D eigenvalue weighted by molar-refractivity contribution is 5.99. The zero-order chi connectivity index (χ0) is 20.1. The molecule has 0 aliphatic heterocycles. The first-order chi connectivity index (χ1) is 13.5. The largest absolute Gasteiger partial charge is 0.497 e. The molecule has 0 spiro atoms. The van der Waals surface area contributed by atoms with Gasteiger partial charge >= 0.3 is 0 Å². The van der Waals surface area contributed by atoms with E-state index in [4.69, 9.17) is 4.74 Å². The van der Waals surface area contributed by atoms with Crippen LogP contribution in [0.5, 0.6) is 5.75 Å². The molecule has 2 N–H and O–H groups in total. The molecule has 7 nitrogen and oxygen atoms in total. The minimum Gasteiger partial charge on any atom is -0.497 e. The molecule has 28 heavy (non-hydrogen) atoms. The number of hydrogen-bond acceptors (Lipinski definition) is 4. The van der Waals surface area contributed by atoms with Crippen molar-refractivity contribution in [3.63, 3.8) is 0 Å². The molecular formula is C21H22N4O3. The number of hydrogen-bond donors (Lipinski definition) is 2. The molecule has 2 aromatic carbocycles. The number of rotatable bonds is 6. The van der Waals surface area contributed by atoms with Crippen LogP contribution in [0.25, 0.3) is 11.3 Å². The first-order valence-electron chi connectivity index (χ1n) is 8.76. The molecule has 3 aromatic rings. The van der Waals surface area contributed by atoms with E-state index in [9.17, 15) is 9.59 Å². The summed E-state index contributed by atoms with van der Waals surface area (Å²) in [5.74, 6) is 0.355. The van der Waals surface area contributed by atoms with Gasteiger partial charge in [-0.05, 0) is 23.8 Å². The van der Waals surface area contributed by atoms with E-state index in [2.05, 4.69) is 15.5 Å². The first kappa shape index (κ1) is 19.2. The molecular weight excluding hydrogens is 356 g/mol. The van der Waals surface area contributed by atoms with Crippen molar-refractivity contribution in [3.8, 4) is 17.0 Å². The third-order valence-corrected chi connectivity index (χ3v) is 4.30. The van der Waals surface area contributed by atoms with Gasteiger partial charge in [0.25, 0.3) is 11.8 Å². The van der Waals surface area contributed by atoms with Gasteiger partial charge in [0.15, 0.2) is 0 Å². The summed E-state index contributed by atoms with van der Waals surface area (Å²) in [4.78, 5) is 26.0. The molecule has 1 aromatic heterocycles.